The van der Waals surface area contributed by atoms with E-state index in [9.17, 15) is 9.18 Å². The molecule has 5 nitrogen and oxygen atoms in total. The maximum Gasteiger partial charge on any atom is 0.250 e. The van der Waals surface area contributed by atoms with Crippen molar-refractivity contribution in [2.24, 2.45) is 0 Å². The average molecular weight is 434 g/mol. The van der Waals surface area contributed by atoms with Crippen LogP contribution in [0.3, 0.4) is 0 Å². The Morgan fingerprint density at radius 1 is 0.968 bits per heavy atom. The molecule has 0 bridgehead atoms. The topological polar surface area (TPSA) is 63.2 Å². The number of thiazole rings is 1. The predicted octanol–water partition coefficient (Wildman–Crippen LogP) is 5.85. The number of benzene rings is 3. The van der Waals surface area contributed by atoms with Crippen LogP contribution >= 0.6 is 11.3 Å². The van der Waals surface area contributed by atoms with Crippen molar-refractivity contribution in [3.8, 4) is 11.3 Å². The fourth-order valence-electron chi connectivity index (χ4n) is 2.94. The minimum absolute atomic E-state index is 0.0302. The van der Waals surface area contributed by atoms with Crippen LogP contribution in [-0.2, 0) is 16.1 Å². The van der Waals surface area contributed by atoms with Gasteiger partial charge in [-0.3, -0.25) is 4.79 Å². The Labute approximate surface area is 183 Å². The summed E-state index contributed by atoms with van der Waals surface area (Å²) < 4.78 is 18.8. The van der Waals surface area contributed by atoms with Gasteiger partial charge in [-0.1, -0.05) is 48.5 Å². The zero-order valence-electron chi connectivity index (χ0n) is 16.5. The molecule has 7 heteroatoms. The van der Waals surface area contributed by atoms with Gasteiger partial charge >= 0.3 is 0 Å². The zero-order valence-corrected chi connectivity index (χ0v) is 17.4. The van der Waals surface area contributed by atoms with Crippen LogP contribution in [-0.4, -0.2) is 17.5 Å². The SMILES string of the molecule is O=C(COCc1ccccc1)Nc1cccc(-c2csc(Nc3cccc(F)c3)n2)c1. The first-order chi connectivity index (χ1) is 15.2. The molecule has 0 saturated heterocycles. The first kappa shape index (κ1) is 20.7. The van der Waals surface area contributed by atoms with Gasteiger partial charge in [0.05, 0.1) is 12.3 Å². The van der Waals surface area contributed by atoms with Gasteiger partial charge in [0.1, 0.15) is 12.4 Å². The Balaban J connectivity index is 1.35. The van der Waals surface area contributed by atoms with Gasteiger partial charge < -0.3 is 15.4 Å². The molecule has 3 aromatic carbocycles. The highest BCUT2D eigenvalue weighted by Crippen LogP contribution is 2.28. The van der Waals surface area contributed by atoms with E-state index in [-0.39, 0.29) is 18.3 Å². The maximum atomic E-state index is 13.4. The second-order valence-electron chi connectivity index (χ2n) is 6.78. The van der Waals surface area contributed by atoms with E-state index in [0.29, 0.717) is 23.1 Å². The smallest absolute Gasteiger partial charge is 0.250 e. The van der Waals surface area contributed by atoms with Gasteiger partial charge in [-0.15, -0.1) is 11.3 Å². The number of anilines is 3. The first-order valence-corrected chi connectivity index (χ1v) is 10.5. The van der Waals surface area contributed by atoms with Gasteiger partial charge in [0.25, 0.3) is 0 Å². The number of halogens is 1. The molecule has 0 aliphatic heterocycles. The van der Waals surface area contributed by atoms with E-state index in [1.54, 1.807) is 12.1 Å². The number of aromatic nitrogens is 1. The van der Waals surface area contributed by atoms with E-state index in [0.717, 1.165) is 16.8 Å². The molecule has 4 rings (SSSR count). The second kappa shape index (κ2) is 9.97. The Hall–Kier alpha value is -3.55. The van der Waals surface area contributed by atoms with E-state index < -0.39 is 0 Å². The van der Waals surface area contributed by atoms with Crippen molar-refractivity contribution in [2.45, 2.75) is 6.61 Å². The summed E-state index contributed by atoms with van der Waals surface area (Å²) in [6.07, 6.45) is 0. The molecule has 156 valence electrons. The number of nitrogens with one attached hydrogen (secondary N) is 2. The highest BCUT2D eigenvalue weighted by atomic mass is 32.1. The average Bonchev–Trinajstić information content (AvgIpc) is 3.23. The quantitative estimate of drug-likeness (QED) is 0.366. The first-order valence-electron chi connectivity index (χ1n) is 9.66. The summed E-state index contributed by atoms with van der Waals surface area (Å²) in [6.45, 7) is 0.353. The van der Waals surface area contributed by atoms with Crippen LogP contribution in [0, 0.1) is 5.82 Å². The Morgan fingerprint density at radius 3 is 2.61 bits per heavy atom. The predicted molar refractivity (Wildman–Crippen MR) is 122 cm³/mol. The van der Waals surface area contributed by atoms with Gasteiger partial charge in [0.2, 0.25) is 5.91 Å². The third-order valence-corrected chi connectivity index (χ3v) is 5.12. The van der Waals surface area contributed by atoms with Gasteiger partial charge in [-0.25, -0.2) is 9.37 Å². The maximum absolute atomic E-state index is 13.4. The van der Waals surface area contributed by atoms with Gasteiger partial charge in [0.15, 0.2) is 5.13 Å². The fraction of sp³-hybridized carbons (Fsp3) is 0.0833. The summed E-state index contributed by atoms with van der Waals surface area (Å²) in [5.41, 5.74) is 3.95. The van der Waals surface area contributed by atoms with Crippen molar-refractivity contribution >= 4 is 33.8 Å². The van der Waals surface area contributed by atoms with Crippen LogP contribution < -0.4 is 10.6 Å². The summed E-state index contributed by atoms with van der Waals surface area (Å²) in [7, 11) is 0. The third kappa shape index (κ3) is 5.97. The molecule has 1 aromatic heterocycles. The van der Waals surface area contributed by atoms with Crippen LogP contribution in [0.2, 0.25) is 0 Å². The van der Waals surface area contributed by atoms with E-state index in [1.165, 1.54) is 23.5 Å². The molecule has 0 radical (unpaired) electrons. The van der Waals surface area contributed by atoms with Gasteiger partial charge in [-0.2, -0.15) is 0 Å². The van der Waals surface area contributed by atoms with Gasteiger partial charge in [0, 0.05) is 22.3 Å². The number of hydrogen-bond acceptors (Lipinski definition) is 5. The lowest BCUT2D eigenvalue weighted by Gasteiger charge is -2.08. The highest BCUT2D eigenvalue weighted by molar-refractivity contribution is 7.14. The minimum atomic E-state index is -0.307. The van der Waals surface area contributed by atoms with Crippen molar-refractivity contribution in [2.75, 3.05) is 17.2 Å². The van der Waals surface area contributed by atoms with Crippen LogP contribution in [0.4, 0.5) is 20.9 Å². The van der Waals surface area contributed by atoms with E-state index >= 15 is 0 Å². The number of hydrogen-bond donors (Lipinski definition) is 2. The molecule has 0 spiro atoms. The molecular formula is C24H20FN3O2S. The molecule has 0 aliphatic carbocycles. The van der Waals surface area contributed by atoms with E-state index in [2.05, 4.69) is 15.6 Å². The van der Waals surface area contributed by atoms with Crippen LogP contribution in [0.25, 0.3) is 11.3 Å². The molecule has 2 N–H and O–H groups in total. The molecule has 4 aromatic rings. The number of carbonyl (C=O) groups excluding carboxylic acids is 1. The molecular weight excluding hydrogens is 413 g/mol. The lowest BCUT2D eigenvalue weighted by molar-refractivity contribution is -0.121. The molecule has 1 amide bonds. The van der Waals surface area contributed by atoms with Crippen molar-refractivity contribution in [1.29, 1.82) is 0 Å². The van der Waals surface area contributed by atoms with E-state index in [1.807, 2.05) is 60.0 Å². The van der Waals surface area contributed by atoms with Crippen molar-refractivity contribution in [3.05, 3.63) is 95.6 Å². The molecule has 1 heterocycles. The normalized spacial score (nSPS) is 10.6. The third-order valence-electron chi connectivity index (χ3n) is 4.37. The lowest BCUT2D eigenvalue weighted by atomic mass is 10.1. The van der Waals surface area contributed by atoms with Crippen molar-refractivity contribution in [1.82, 2.24) is 4.98 Å². The molecule has 31 heavy (non-hydrogen) atoms. The molecule has 0 fully saturated rings. The largest absolute Gasteiger partial charge is 0.367 e. The fourth-order valence-corrected chi connectivity index (χ4v) is 3.68. The lowest BCUT2D eigenvalue weighted by Crippen LogP contribution is -2.18. The van der Waals surface area contributed by atoms with Crippen molar-refractivity contribution in [3.63, 3.8) is 0 Å². The number of amides is 1. The summed E-state index contributed by atoms with van der Waals surface area (Å²) in [5, 5.41) is 8.51. The Kier molecular flexibility index (Phi) is 6.66. The number of nitrogens with zero attached hydrogens (tertiary/aromatic N) is 1. The minimum Gasteiger partial charge on any atom is -0.367 e. The monoisotopic (exact) mass is 433 g/mol. The second-order valence-corrected chi connectivity index (χ2v) is 7.64. The standard InChI is InChI=1S/C24H20FN3O2S/c25-19-9-5-11-21(13-19)27-24-28-22(16-31-24)18-8-4-10-20(12-18)26-23(29)15-30-14-17-6-2-1-3-7-17/h1-13,16H,14-15H2,(H,26,29)(H,27,28). The molecule has 0 aliphatic rings. The summed E-state index contributed by atoms with van der Waals surface area (Å²) >= 11 is 1.42. The van der Waals surface area contributed by atoms with Crippen LogP contribution in [0.5, 0.6) is 0 Å². The number of rotatable bonds is 8. The molecule has 0 atom stereocenters. The summed E-state index contributed by atoms with van der Waals surface area (Å²) in [4.78, 5) is 16.8. The molecule has 0 saturated carbocycles. The molecule has 0 unspecified atom stereocenters. The van der Waals surface area contributed by atoms with E-state index in [4.69, 9.17) is 4.74 Å². The summed E-state index contributed by atoms with van der Waals surface area (Å²) in [5.74, 6) is -0.530. The van der Waals surface area contributed by atoms with Crippen molar-refractivity contribution < 1.29 is 13.9 Å². The van der Waals surface area contributed by atoms with Crippen LogP contribution in [0.1, 0.15) is 5.56 Å². The Bertz CT molecular complexity index is 1160. The number of ether oxygens (including phenoxy) is 1. The summed E-state index contributed by atoms with van der Waals surface area (Å²) in [6, 6.07) is 23.4. The Morgan fingerprint density at radius 2 is 1.77 bits per heavy atom. The van der Waals surface area contributed by atoms with Crippen LogP contribution in [0.15, 0.2) is 84.2 Å². The number of carbonyl (C=O) groups is 1. The zero-order chi connectivity index (χ0) is 21.5. The van der Waals surface area contributed by atoms with Gasteiger partial charge in [-0.05, 0) is 35.9 Å². The highest BCUT2D eigenvalue weighted by Gasteiger charge is 2.08.